The summed E-state index contributed by atoms with van der Waals surface area (Å²) in [5, 5.41) is 0.878. The molecule has 0 bridgehead atoms. The number of benzene rings is 2. The molecule has 0 radical (unpaired) electrons. The van der Waals surface area contributed by atoms with Crippen molar-refractivity contribution >= 4 is 55.9 Å². The fourth-order valence-corrected chi connectivity index (χ4v) is 7.23. The second-order valence-electron chi connectivity index (χ2n) is 9.45. The highest BCUT2D eigenvalue weighted by Gasteiger charge is 2.34. The van der Waals surface area contributed by atoms with Crippen molar-refractivity contribution in [2.45, 2.75) is 32.2 Å². The van der Waals surface area contributed by atoms with Crippen LogP contribution in [0, 0.1) is 5.82 Å². The molecule has 1 atom stereocenters. The first-order valence-electron chi connectivity index (χ1n) is 12.4. The highest BCUT2D eigenvalue weighted by molar-refractivity contribution is 7.91. The van der Waals surface area contributed by atoms with E-state index in [0.717, 1.165) is 5.57 Å². The van der Waals surface area contributed by atoms with Crippen molar-refractivity contribution in [1.29, 1.82) is 0 Å². The number of likely N-dealkylation sites (N-methyl/N-ethyl adjacent to an activating group) is 1. The Morgan fingerprint density at radius 3 is 2.68 bits per heavy atom. The summed E-state index contributed by atoms with van der Waals surface area (Å²) in [5.41, 5.74) is 3.16. The molecule has 2 heterocycles. The zero-order chi connectivity index (χ0) is 27.0. The molecular weight excluding hydrogens is 531 g/mol. The van der Waals surface area contributed by atoms with E-state index >= 15 is 0 Å². The molecule has 10 heteroatoms. The van der Waals surface area contributed by atoms with Crippen LogP contribution in [-0.2, 0) is 25.8 Å². The Morgan fingerprint density at radius 1 is 1.18 bits per heavy atom. The van der Waals surface area contributed by atoms with Crippen LogP contribution in [0.15, 0.2) is 42.5 Å². The van der Waals surface area contributed by atoms with Gasteiger partial charge in [-0.25, -0.2) is 22.6 Å². The number of halogens is 2. The van der Waals surface area contributed by atoms with Gasteiger partial charge in [0.25, 0.3) is 5.91 Å². The van der Waals surface area contributed by atoms with Crippen LogP contribution >= 0.6 is 11.6 Å². The van der Waals surface area contributed by atoms with Crippen LogP contribution in [-0.4, -0.2) is 60.9 Å². The minimum atomic E-state index is -3.17. The van der Waals surface area contributed by atoms with Crippen molar-refractivity contribution < 1.29 is 27.1 Å². The number of esters is 1. The third kappa shape index (κ3) is 5.05. The van der Waals surface area contributed by atoms with Gasteiger partial charge in [-0.15, -0.1) is 0 Å². The van der Waals surface area contributed by atoms with Crippen LogP contribution in [0.5, 0.6) is 0 Å². The number of nitrogens with zero attached hydrogens (tertiary/aromatic N) is 2. The van der Waals surface area contributed by atoms with Gasteiger partial charge in [0.05, 0.1) is 33.3 Å². The maximum Gasteiger partial charge on any atom is 0.339 e. The van der Waals surface area contributed by atoms with Crippen LogP contribution in [0.1, 0.15) is 46.9 Å². The van der Waals surface area contributed by atoms with Gasteiger partial charge < -0.3 is 9.64 Å². The summed E-state index contributed by atoms with van der Waals surface area (Å²) in [5.74, 6) is -1.58. The fourth-order valence-electron chi connectivity index (χ4n) is 5.28. The van der Waals surface area contributed by atoms with E-state index in [4.69, 9.17) is 21.3 Å². The number of sulfone groups is 1. The largest absolute Gasteiger partial charge is 0.452 e. The predicted molar refractivity (Wildman–Crippen MR) is 144 cm³/mol. The Bertz CT molecular complexity index is 1570. The summed E-state index contributed by atoms with van der Waals surface area (Å²) in [7, 11) is -3.17. The zero-order valence-corrected chi connectivity index (χ0v) is 22.3. The first-order chi connectivity index (χ1) is 18.2. The monoisotopic (exact) mass is 556 g/mol. The summed E-state index contributed by atoms with van der Waals surface area (Å²) in [6.07, 6.45) is 3.06. The molecule has 5 rings (SSSR count). The van der Waals surface area contributed by atoms with Gasteiger partial charge in [-0.05, 0) is 61.6 Å². The molecule has 1 fully saturated rings. The number of fused-ring (bicyclic) bond motifs is 2. The molecule has 1 saturated heterocycles. The highest BCUT2D eigenvalue weighted by atomic mass is 35.5. The van der Waals surface area contributed by atoms with Crippen LogP contribution < -0.4 is 0 Å². The molecule has 1 amide bonds. The summed E-state index contributed by atoms with van der Waals surface area (Å²) in [4.78, 5) is 32.6. The van der Waals surface area contributed by atoms with Crippen LogP contribution in [0.4, 0.5) is 4.39 Å². The summed E-state index contributed by atoms with van der Waals surface area (Å²) in [6, 6.07) is 11.2. The second kappa shape index (κ2) is 10.5. The Kier molecular flexibility index (Phi) is 7.24. The van der Waals surface area contributed by atoms with Crippen molar-refractivity contribution in [3.8, 4) is 0 Å². The Balaban J connectivity index is 1.45. The van der Waals surface area contributed by atoms with Gasteiger partial charge in [-0.3, -0.25) is 4.79 Å². The van der Waals surface area contributed by atoms with E-state index in [1.54, 1.807) is 43.3 Å². The Hall–Kier alpha value is -3.30. The summed E-state index contributed by atoms with van der Waals surface area (Å²) < 4.78 is 43.7. The van der Waals surface area contributed by atoms with E-state index < -0.39 is 40.2 Å². The number of carbonyl (C=O) groups excluding carboxylic acids is 2. The lowest BCUT2D eigenvalue weighted by atomic mass is 10.0. The van der Waals surface area contributed by atoms with Gasteiger partial charge in [0.2, 0.25) is 0 Å². The van der Waals surface area contributed by atoms with E-state index in [2.05, 4.69) is 0 Å². The lowest BCUT2D eigenvalue weighted by Gasteiger charge is -2.26. The first-order valence-corrected chi connectivity index (χ1v) is 14.6. The number of ether oxygens (including phenoxy) is 1. The molecule has 1 aliphatic heterocycles. The number of hydrogen-bond donors (Lipinski definition) is 0. The normalized spacial score (nSPS) is 19.0. The van der Waals surface area contributed by atoms with Gasteiger partial charge in [0, 0.05) is 23.5 Å². The van der Waals surface area contributed by atoms with Crippen molar-refractivity contribution in [1.82, 2.24) is 9.88 Å². The van der Waals surface area contributed by atoms with Crippen molar-refractivity contribution in [2.75, 3.05) is 24.7 Å². The summed E-state index contributed by atoms with van der Waals surface area (Å²) >= 11 is 6.23. The maximum absolute atomic E-state index is 14.5. The number of allylic oxidation sites excluding steroid dienone is 1. The molecule has 1 unspecified atom stereocenters. The smallest absolute Gasteiger partial charge is 0.339 e. The fraction of sp³-hybridized carbons (Fsp3) is 0.321. The predicted octanol–water partition coefficient (Wildman–Crippen LogP) is 4.71. The van der Waals surface area contributed by atoms with E-state index in [1.807, 2.05) is 0 Å². The molecule has 0 spiro atoms. The SMILES string of the molecule is CCN(C(=O)COC(=O)c1c2c(nc3ccccc13)/C(=C/c1c(F)cccc1Cl)CC2)C1CCS(=O)(=O)C1. The molecule has 0 saturated carbocycles. The van der Waals surface area contributed by atoms with Gasteiger partial charge in [-0.1, -0.05) is 35.9 Å². The van der Waals surface area contributed by atoms with Crippen LogP contribution in [0.3, 0.4) is 0 Å². The number of rotatable bonds is 6. The number of pyridine rings is 1. The van der Waals surface area contributed by atoms with E-state index in [0.29, 0.717) is 53.5 Å². The first kappa shape index (κ1) is 26.3. The zero-order valence-electron chi connectivity index (χ0n) is 20.7. The Labute approximate surface area is 225 Å². The van der Waals surface area contributed by atoms with Crippen molar-refractivity contribution in [3.05, 3.63) is 75.7 Å². The van der Waals surface area contributed by atoms with E-state index in [-0.39, 0.29) is 22.1 Å². The number of aromatic nitrogens is 1. The minimum Gasteiger partial charge on any atom is -0.452 e. The molecule has 7 nitrogen and oxygen atoms in total. The van der Waals surface area contributed by atoms with E-state index in [9.17, 15) is 22.4 Å². The molecule has 198 valence electrons. The molecular formula is C28H26ClFN2O5S. The van der Waals surface area contributed by atoms with Gasteiger partial charge in [0.15, 0.2) is 16.4 Å². The third-order valence-electron chi connectivity index (χ3n) is 7.10. The Morgan fingerprint density at radius 2 is 1.97 bits per heavy atom. The lowest BCUT2D eigenvalue weighted by Crippen LogP contribution is -2.43. The number of para-hydroxylation sites is 1. The third-order valence-corrected chi connectivity index (χ3v) is 9.18. The second-order valence-corrected chi connectivity index (χ2v) is 12.1. The topological polar surface area (TPSA) is 93.6 Å². The van der Waals surface area contributed by atoms with Crippen LogP contribution in [0.25, 0.3) is 22.6 Å². The van der Waals surface area contributed by atoms with E-state index in [1.165, 1.54) is 17.0 Å². The molecule has 3 aromatic rings. The molecule has 0 N–H and O–H groups in total. The number of hydrogen-bond acceptors (Lipinski definition) is 6. The van der Waals surface area contributed by atoms with Gasteiger partial charge >= 0.3 is 5.97 Å². The molecule has 2 aliphatic rings. The standard InChI is InChI=1S/C28H26ClFN2O5S/c1-2-32(18-12-13-38(35,36)16-18)25(33)15-37-28(34)26-19-6-3-4-9-24(19)31-27-17(10-11-20(26)27)14-21-22(29)7-5-8-23(21)30/h3-9,14,18H,2,10-13,15-16H2,1H3/b17-14+. The quantitative estimate of drug-likeness (QED) is 0.408. The van der Waals surface area contributed by atoms with Gasteiger partial charge in [0.1, 0.15) is 5.82 Å². The molecule has 1 aliphatic carbocycles. The number of amides is 1. The lowest BCUT2D eigenvalue weighted by molar-refractivity contribution is -0.136. The summed E-state index contributed by atoms with van der Waals surface area (Å²) in [6.45, 7) is 1.59. The maximum atomic E-state index is 14.5. The van der Waals surface area contributed by atoms with Crippen molar-refractivity contribution in [2.24, 2.45) is 0 Å². The minimum absolute atomic E-state index is 0.0460. The van der Waals surface area contributed by atoms with Crippen LogP contribution in [0.2, 0.25) is 5.02 Å². The molecule has 1 aromatic heterocycles. The average Bonchev–Trinajstić information content (AvgIpc) is 3.45. The molecule has 2 aromatic carbocycles. The highest BCUT2D eigenvalue weighted by Crippen LogP contribution is 2.38. The average molecular weight is 557 g/mol. The van der Waals surface area contributed by atoms with Crippen molar-refractivity contribution in [3.63, 3.8) is 0 Å². The molecule has 38 heavy (non-hydrogen) atoms. The van der Waals surface area contributed by atoms with Gasteiger partial charge in [-0.2, -0.15) is 0 Å². The number of carbonyl (C=O) groups is 2.